The van der Waals surface area contributed by atoms with Gasteiger partial charge < -0.3 is 9.84 Å². The first kappa shape index (κ1) is 23.2. The molecule has 1 aromatic carbocycles. The number of fused-ring (bicyclic) bond motifs is 1. The Labute approximate surface area is 191 Å². The molecule has 0 bridgehead atoms. The number of aliphatic hydroxyl groups excluding tert-OH is 1. The van der Waals surface area contributed by atoms with Gasteiger partial charge in [-0.15, -0.1) is 10.2 Å². The minimum Gasteiger partial charge on any atom is -0.493 e. The van der Waals surface area contributed by atoms with Crippen molar-refractivity contribution in [3.8, 4) is 16.9 Å². The first-order valence-corrected chi connectivity index (χ1v) is 11.4. The number of nitrogens with zero attached hydrogens (tertiary/aromatic N) is 3. The van der Waals surface area contributed by atoms with Crippen molar-refractivity contribution in [1.29, 1.82) is 0 Å². The monoisotopic (exact) mass is 500 g/mol. The van der Waals surface area contributed by atoms with Gasteiger partial charge in [0.15, 0.2) is 11.0 Å². The molecule has 1 aliphatic rings. The van der Waals surface area contributed by atoms with Gasteiger partial charge in [-0.2, -0.15) is 21.6 Å². The molecule has 174 valence electrons. The highest BCUT2D eigenvalue weighted by atomic mass is 35.5. The van der Waals surface area contributed by atoms with E-state index in [4.69, 9.17) is 16.3 Å². The summed E-state index contributed by atoms with van der Waals surface area (Å²) >= 11 is 5.84. The zero-order chi connectivity index (χ0) is 23.8. The summed E-state index contributed by atoms with van der Waals surface area (Å²) < 4.78 is 68.7. The Balaban J connectivity index is 1.65. The number of sulfonamides is 1. The van der Waals surface area contributed by atoms with E-state index in [-0.39, 0.29) is 28.8 Å². The molecule has 2 aromatic heterocycles. The van der Waals surface area contributed by atoms with Crippen molar-refractivity contribution in [3.63, 3.8) is 0 Å². The SMILES string of the molecule is O=S(=O)(Nc1nnc(Cl)cc1-c1ccc2c(c1)OC[C@@H](Cc1ccccn1)[C@@H]2O)C(F)(F)F. The fourth-order valence-corrected chi connectivity index (χ4v) is 4.09. The largest absolute Gasteiger partial charge is 0.516 e. The molecule has 3 aromatic rings. The lowest BCUT2D eigenvalue weighted by Gasteiger charge is -2.30. The lowest BCUT2D eigenvalue weighted by atomic mass is 9.88. The summed E-state index contributed by atoms with van der Waals surface area (Å²) in [5, 5.41) is 17.6. The summed E-state index contributed by atoms with van der Waals surface area (Å²) in [6.07, 6.45) is 1.27. The first-order valence-electron chi connectivity index (χ1n) is 9.52. The lowest BCUT2D eigenvalue weighted by molar-refractivity contribution is -0.0429. The molecule has 1 aliphatic heterocycles. The minimum absolute atomic E-state index is 0.0423. The molecule has 2 N–H and O–H groups in total. The minimum atomic E-state index is -5.73. The Hall–Kier alpha value is -2.96. The van der Waals surface area contributed by atoms with Gasteiger partial charge >= 0.3 is 15.5 Å². The van der Waals surface area contributed by atoms with Crippen molar-refractivity contribution in [2.75, 3.05) is 11.3 Å². The van der Waals surface area contributed by atoms with E-state index in [1.54, 1.807) is 18.3 Å². The van der Waals surface area contributed by atoms with E-state index in [0.29, 0.717) is 17.7 Å². The van der Waals surface area contributed by atoms with Crippen molar-refractivity contribution < 1.29 is 31.4 Å². The summed E-state index contributed by atoms with van der Waals surface area (Å²) in [5.74, 6) is -0.611. The quantitative estimate of drug-likeness (QED) is 0.548. The number of ether oxygens (including phenoxy) is 1. The van der Waals surface area contributed by atoms with Crippen LogP contribution in [0.4, 0.5) is 19.0 Å². The highest BCUT2D eigenvalue weighted by molar-refractivity contribution is 7.93. The van der Waals surface area contributed by atoms with Gasteiger partial charge in [0.25, 0.3) is 0 Å². The van der Waals surface area contributed by atoms with E-state index < -0.39 is 27.5 Å². The molecule has 2 atom stereocenters. The number of pyridine rings is 1. The fourth-order valence-electron chi connectivity index (χ4n) is 3.42. The first-order chi connectivity index (χ1) is 15.5. The van der Waals surface area contributed by atoms with Crippen LogP contribution in [0.2, 0.25) is 5.15 Å². The highest BCUT2D eigenvalue weighted by Gasteiger charge is 2.46. The van der Waals surface area contributed by atoms with E-state index in [1.165, 1.54) is 22.9 Å². The third kappa shape index (κ3) is 4.87. The lowest BCUT2D eigenvalue weighted by Crippen LogP contribution is -2.30. The summed E-state index contributed by atoms with van der Waals surface area (Å²) in [7, 11) is -5.73. The molecule has 0 unspecified atom stereocenters. The molecule has 4 rings (SSSR count). The van der Waals surface area contributed by atoms with E-state index in [1.807, 2.05) is 12.1 Å². The molecule has 0 fully saturated rings. The van der Waals surface area contributed by atoms with Crippen LogP contribution in [0.3, 0.4) is 0 Å². The van der Waals surface area contributed by atoms with Crippen molar-refractivity contribution in [2.24, 2.45) is 5.92 Å². The molecule has 0 aliphatic carbocycles. The Morgan fingerprint density at radius 3 is 2.67 bits per heavy atom. The average molecular weight is 501 g/mol. The second kappa shape index (κ2) is 8.76. The number of aromatic nitrogens is 3. The summed E-state index contributed by atoms with van der Waals surface area (Å²) in [4.78, 5) is 4.25. The fraction of sp³-hybridized carbons (Fsp3) is 0.250. The summed E-state index contributed by atoms with van der Waals surface area (Å²) in [6, 6.07) is 11.2. The molecule has 0 radical (unpaired) electrons. The maximum absolute atomic E-state index is 12.8. The van der Waals surface area contributed by atoms with Crippen molar-refractivity contribution in [1.82, 2.24) is 15.2 Å². The molecule has 0 spiro atoms. The zero-order valence-electron chi connectivity index (χ0n) is 16.6. The standard InChI is InChI=1S/C20H16ClF3N4O4S/c21-17-9-15(19(27-26-17)28-33(30,31)20(22,23)24)11-4-5-14-16(8-11)32-10-12(18(14)29)7-13-3-1-2-6-25-13/h1-6,8-9,12,18,29H,7,10H2,(H,27,28)/t12-,18+/m1/s1. The van der Waals surface area contributed by atoms with Crippen LogP contribution in [-0.2, 0) is 16.4 Å². The van der Waals surface area contributed by atoms with E-state index in [0.717, 1.165) is 5.69 Å². The number of alkyl halides is 3. The molecule has 0 saturated carbocycles. The number of hydrogen-bond acceptors (Lipinski definition) is 7. The van der Waals surface area contributed by atoms with E-state index in [9.17, 15) is 26.7 Å². The third-order valence-electron chi connectivity index (χ3n) is 5.04. The maximum atomic E-state index is 12.8. The van der Waals surface area contributed by atoms with Gasteiger partial charge in [0.05, 0.1) is 12.7 Å². The predicted octanol–water partition coefficient (Wildman–Crippen LogP) is 3.74. The second-order valence-corrected chi connectivity index (χ2v) is 9.34. The van der Waals surface area contributed by atoms with Gasteiger partial charge in [0.1, 0.15) is 5.75 Å². The van der Waals surface area contributed by atoms with E-state index >= 15 is 0 Å². The van der Waals surface area contributed by atoms with Crippen LogP contribution in [0.25, 0.3) is 11.1 Å². The average Bonchev–Trinajstić information content (AvgIpc) is 2.76. The normalized spacial score (nSPS) is 18.3. The van der Waals surface area contributed by atoms with Gasteiger partial charge in [-0.25, -0.2) is 0 Å². The number of anilines is 1. The molecular formula is C20H16ClF3N4O4S. The molecule has 0 saturated heterocycles. The number of hydrogen-bond donors (Lipinski definition) is 2. The Morgan fingerprint density at radius 2 is 1.97 bits per heavy atom. The summed E-state index contributed by atoms with van der Waals surface area (Å²) in [5.41, 5.74) is -4.04. The molecule has 33 heavy (non-hydrogen) atoms. The zero-order valence-corrected chi connectivity index (χ0v) is 18.2. The van der Waals surface area contributed by atoms with Gasteiger partial charge in [-0.3, -0.25) is 9.71 Å². The molecular weight excluding hydrogens is 485 g/mol. The van der Waals surface area contributed by atoms with Crippen LogP contribution in [0.5, 0.6) is 5.75 Å². The van der Waals surface area contributed by atoms with Gasteiger partial charge in [-0.05, 0) is 36.2 Å². The smallest absolute Gasteiger partial charge is 0.493 e. The number of halogens is 4. The Kier molecular flexibility index (Phi) is 6.16. The van der Waals surface area contributed by atoms with Crippen LogP contribution in [0.15, 0.2) is 48.7 Å². The second-order valence-electron chi connectivity index (χ2n) is 7.27. The van der Waals surface area contributed by atoms with Crippen LogP contribution in [-0.4, -0.2) is 40.8 Å². The number of rotatable bonds is 5. The molecule has 13 heteroatoms. The molecule has 0 amide bonds. The Morgan fingerprint density at radius 1 is 1.18 bits per heavy atom. The van der Waals surface area contributed by atoms with Crippen molar-refractivity contribution in [3.05, 3.63) is 65.1 Å². The molecule has 8 nitrogen and oxygen atoms in total. The number of aliphatic hydroxyl groups is 1. The Bertz CT molecular complexity index is 1280. The van der Waals surface area contributed by atoms with Gasteiger partial charge in [0, 0.05) is 28.9 Å². The van der Waals surface area contributed by atoms with Crippen molar-refractivity contribution in [2.45, 2.75) is 18.0 Å². The number of benzene rings is 1. The van der Waals surface area contributed by atoms with Crippen LogP contribution in [0, 0.1) is 5.92 Å². The van der Waals surface area contributed by atoms with Crippen LogP contribution >= 0.6 is 11.6 Å². The van der Waals surface area contributed by atoms with Crippen molar-refractivity contribution >= 4 is 27.4 Å². The molecule has 3 heterocycles. The van der Waals surface area contributed by atoms with Gasteiger partial charge in [0.2, 0.25) is 0 Å². The van der Waals surface area contributed by atoms with Crippen LogP contribution in [0.1, 0.15) is 17.4 Å². The summed E-state index contributed by atoms with van der Waals surface area (Å²) in [6.45, 7) is 0.178. The van der Waals surface area contributed by atoms with Crippen LogP contribution < -0.4 is 9.46 Å². The van der Waals surface area contributed by atoms with E-state index in [2.05, 4.69) is 15.2 Å². The highest BCUT2D eigenvalue weighted by Crippen LogP contribution is 2.40. The third-order valence-corrected chi connectivity index (χ3v) is 6.30. The maximum Gasteiger partial charge on any atom is 0.516 e. The topological polar surface area (TPSA) is 114 Å². The van der Waals surface area contributed by atoms with Gasteiger partial charge in [-0.1, -0.05) is 29.8 Å². The predicted molar refractivity (Wildman–Crippen MR) is 113 cm³/mol. The number of nitrogens with one attached hydrogen (secondary N) is 1.